The molecule has 4 rings (SSSR count). The summed E-state index contributed by atoms with van der Waals surface area (Å²) in [7, 11) is 0. The summed E-state index contributed by atoms with van der Waals surface area (Å²) in [5.74, 6) is 2.82. The van der Waals surface area contributed by atoms with Crippen LogP contribution in [0.15, 0.2) is 35.5 Å². The Morgan fingerprint density at radius 2 is 1.93 bits per heavy atom. The summed E-state index contributed by atoms with van der Waals surface area (Å²) >= 11 is 5.12. The van der Waals surface area contributed by atoms with E-state index in [-0.39, 0.29) is 5.91 Å². The van der Waals surface area contributed by atoms with Crippen LogP contribution < -0.4 is 10.6 Å². The summed E-state index contributed by atoms with van der Waals surface area (Å²) in [6.07, 6.45) is 6.57. The first-order chi connectivity index (χ1) is 14.7. The Labute approximate surface area is 188 Å². The van der Waals surface area contributed by atoms with Crippen LogP contribution in [0, 0.1) is 0 Å². The molecule has 1 aliphatic heterocycles. The third-order valence-electron chi connectivity index (χ3n) is 4.71. The van der Waals surface area contributed by atoms with Gasteiger partial charge >= 0.3 is 0 Å². The lowest BCUT2D eigenvalue weighted by Crippen LogP contribution is -2.37. The zero-order valence-electron chi connectivity index (χ0n) is 16.8. The first-order valence-electron chi connectivity index (χ1n) is 9.84. The number of nitrogens with one attached hydrogen (secondary N) is 2. The summed E-state index contributed by atoms with van der Waals surface area (Å²) < 4.78 is 1.04. The topological polar surface area (TPSA) is 83.0 Å². The number of amides is 1. The Kier molecular flexibility index (Phi) is 7.29. The highest BCUT2D eigenvalue weighted by Crippen LogP contribution is 2.27. The molecule has 0 bridgehead atoms. The molecule has 0 radical (unpaired) electrons. The van der Waals surface area contributed by atoms with Crippen LogP contribution in [-0.4, -0.2) is 69.7 Å². The predicted octanol–water partition coefficient (Wildman–Crippen LogP) is 3.91. The molecule has 0 atom stereocenters. The monoisotopic (exact) mass is 460 g/mol. The van der Waals surface area contributed by atoms with Gasteiger partial charge in [0.25, 0.3) is 5.91 Å². The Bertz CT molecular complexity index is 988. The van der Waals surface area contributed by atoms with Gasteiger partial charge in [-0.2, -0.15) is 11.8 Å². The van der Waals surface area contributed by atoms with Crippen LogP contribution >= 0.6 is 34.9 Å². The van der Waals surface area contributed by atoms with Crippen LogP contribution in [0.2, 0.25) is 0 Å². The average Bonchev–Trinajstić information content (AvgIpc) is 3.21. The summed E-state index contributed by atoms with van der Waals surface area (Å²) in [6.45, 7) is 3.24. The van der Waals surface area contributed by atoms with Crippen molar-refractivity contribution in [1.29, 1.82) is 0 Å². The molecule has 3 aromatic rings. The van der Waals surface area contributed by atoms with E-state index >= 15 is 0 Å². The summed E-state index contributed by atoms with van der Waals surface area (Å²) in [4.78, 5) is 28.9. The zero-order valence-corrected chi connectivity index (χ0v) is 19.2. The van der Waals surface area contributed by atoms with Gasteiger partial charge in [-0.1, -0.05) is 11.3 Å². The van der Waals surface area contributed by atoms with Crippen molar-refractivity contribution in [3.8, 4) is 0 Å². The number of thiazole rings is 1. The SMILES string of the molecule is CSc1cnc(NCCCNc2nc3ccc(C(=O)N4CCSCC4)cc3s2)nc1. The molecule has 1 aromatic carbocycles. The maximum Gasteiger partial charge on any atom is 0.253 e. The van der Waals surface area contributed by atoms with E-state index < -0.39 is 0 Å². The van der Waals surface area contributed by atoms with Gasteiger partial charge in [0.15, 0.2) is 5.13 Å². The number of rotatable bonds is 8. The predicted molar refractivity (Wildman–Crippen MR) is 128 cm³/mol. The molecule has 2 N–H and O–H groups in total. The number of aromatic nitrogens is 3. The molecule has 30 heavy (non-hydrogen) atoms. The Morgan fingerprint density at radius 3 is 2.70 bits per heavy atom. The number of carbonyl (C=O) groups is 1. The van der Waals surface area contributed by atoms with Crippen molar-refractivity contribution in [3.63, 3.8) is 0 Å². The fourth-order valence-corrected chi connectivity index (χ4v) is 5.23. The first kappa shape index (κ1) is 21.2. The van der Waals surface area contributed by atoms with Crippen molar-refractivity contribution in [2.75, 3.05) is 54.6 Å². The highest BCUT2D eigenvalue weighted by molar-refractivity contribution is 7.99. The molecule has 1 aliphatic rings. The molecule has 1 amide bonds. The van der Waals surface area contributed by atoms with Gasteiger partial charge in [-0.3, -0.25) is 4.79 Å². The van der Waals surface area contributed by atoms with E-state index in [1.165, 1.54) is 0 Å². The van der Waals surface area contributed by atoms with Gasteiger partial charge in [0.2, 0.25) is 5.95 Å². The van der Waals surface area contributed by atoms with Gasteiger partial charge in [-0.15, -0.1) is 11.8 Å². The summed E-state index contributed by atoms with van der Waals surface area (Å²) in [5.41, 5.74) is 1.68. The molecule has 0 spiro atoms. The Hall–Kier alpha value is -2.04. The minimum Gasteiger partial charge on any atom is -0.361 e. The fraction of sp³-hybridized carbons (Fsp3) is 0.400. The lowest BCUT2D eigenvalue weighted by Gasteiger charge is -2.26. The van der Waals surface area contributed by atoms with E-state index in [9.17, 15) is 4.79 Å². The molecule has 10 heteroatoms. The number of nitrogens with zero attached hydrogens (tertiary/aromatic N) is 4. The van der Waals surface area contributed by atoms with E-state index in [0.717, 1.165) is 69.9 Å². The maximum atomic E-state index is 12.7. The van der Waals surface area contributed by atoms with Gasteiger partial charge in [0, 0.05) is 60.5 Å². The van der Waals surface area contributed by atoms with Crippen molar-refractivity contribution in [3.05, 3.63) is 36.2 Å². The maximum absolute atomic E-state index is 12.7. The number of hydrogen-bond acceptors (Lipinski definition) is 9. The number of carbonyl (C=O) groups excluding carboxylic acids is 1. The van der Waals surface area contributed by atoms with Crippen molar-refractivity contribution in [1.82, 2.24) is 19.9 Å². The summed E-state index contributed by atoms with van der Waals surface area (Å²) in [5, 5.41) is 7.48. The summed E-state index contributed by atoms with van der Waals surface area (Å²) in [6, 6.07) is 5.81. The van der Waals surface area contributed by atoms with Crippen molar-refractivity contribution in [2.24, 2.45) is 0 Å². The molecular formula is C20H24N6OS3. The van der Waals surface area contributed by atoms with Crippen LogP contribution in [0.1, 0.15) is 16.8 Å². The van der Waals surface area contributed by atoms with Crippen molar-refractivity contribution >= 4 is 62.1 Å². The van der Waals surface area contributed by atoms with E-state index in [0.29, 0.717) is 5.95 Å². The lowest BCUT2D eigenvalue weighted by atomic mass is 10.2. The average molecular weight is 461 g/mol. The van der Waals surface area contributed by atoms with Gasteiger partial charge in [0.1, 0.15) is 0 Å². The van der Waals surface area contributed by atoms with Crippen LogP contribution in [0.4, 0.5) is 11.1 Å². The molecule has 3 heterocycles. The van der Waals surface area contributed by atoms with E-state index in [1.54, 1.807) is 23.1 Å². The minimum absolute atomic E-state index is 0.124. The highest BCUT2D eigenvalue weighted by Gasteiger charge is 2.19. The highest BCUT2D eigenvalue weighted by atomic mass is 32.2. The molecule has 7 nitrogen and oxygen atoms in total. The molecule has 0 saturated carbocycles. The fourth-order valence-electron chi connectivity index (χ4n) is 3.08. The second kappa shape index (κ2) is 10.3. The lowest BCUT2D eigenvalue weighted by molar-refractivity contribution is 0.0772. The van der Waals surface area contributed by atoms with E-state index in [2.05, 4.69) is 25.6 Å². The Balaban J connectivity index is 1.27. The van der Waals surface area contributed by atoms with Crippen LogP contribution in [0.3, 0.4) is 0 Å². The quantitative estimate of drug-likeness (QED) is 0.387. The van der Waals surface area contributed by atoms with Crippen LogP contribution in [-0.2, 0) is 0 Å². The Morgan fingerprint density at radius 1 is 1.17 bits per heavy atom. The molecule has 0 unspecified atom stereocenters. The minimum atomic E-state index is 0.124. The van der Waals surface area contributed by atoms with Gasteiger partial charge in [-0.05, 0) is 30.9 Å². The third-order valence-corrected chi connectivity index (χ3v) is 7.31. The second-order valence-electron chi connectivity index (χ2n) is 6.76. The number of benzene rings is 1. The zero-order chi connectivity index (χ0) is 20.8. The van der Waals surface area contributed by atoms with Crippen LogP contribution in [0.5, 0.6) is 0 Å². The largest absolute Gasteiger partial charge is 0.361 e. The van der Waals surface area contributed by atoms with Gasteiger partial charge in [0.05, 0.1) is 10.2 Å². The van der Waals surface area contributed by atoms with E-state index in [4.69, 9.17) is 0 Å². The smallest absolute Gasteiger partial charge is 0.253 e. The first-order valence-corrected chi connectivity index (χ1v) is 13.0. The molecular weight excluding hydrogens is 436 g/mol. The third kappa shape index (κ3) is 5.35. The van der Waals surface area contributed by atoms with E-state index in [1.807, 2.05) is 53.5 Å². The number of thioether (sulfide) groups is 2. The van der Waals surface area contributed by atoms with Crippen molar-refractivity contribution < 1.29 is 4.79 Å². The number of anilines is 2. The molecule has 1 saturated heterocycles. The normalized spacial score (nSPS) is 14.1. The standard InChI is InChI=1S/C20H24N6OS3/c1-28-15-12-23-19(24-13-15)21-5-2-6-22-20-25-16-4-3-14(11-17(16)30-20)18(27)26-7-9-29-10-8-26/h3-4,11-13H,2,5-10H2,1H3,(H,22,25)(H,21,23,24). The van der Waals surface area contributed by atoms with Crippen LogP contribution in [0.25, 0.3) is 10.2 Å². The second-order valence-corrected chi connectivity index (χ2v) is 9.89. The molecule has 1 fully saturated rings. The molecule has 0 aliphatic carbocycles. The number of hydrogen-bond donors (Lipinski definition) is 2. The number of fused-ring (bicyclic) bond motifs is 1. The van der Waals surface area contributed by atoms with Crippen molar-refractivity contribution in [2.45, 2.75) is 11.3 Å². The van der Waals surface area contributed by atoms with Gasteiger partial charge < -0.3 is 15.5 Å². The molecule has 2 aromatic heterocycles. The van der Waals surface area contributed by atoms with Gasteiger partial charge in [-0.25, -0.2) is 15.0 Å². The molecule has 158 valence electrons.